The fourth-order valence-corrected chi connectivity index (χ4v) is 2.13. The van der Waals surface area contributed by atoms with Gasteiger partial charge in [-0.1, -0.05) is 12.1 Å². The van der Waals surface area contributed by atoms with Crippen LogP contribution in [0.25, 0.3) is 10.6 Å². The largest absolute Gasteiger partial charge is 0.508 e. The molecule has 0 amide bonds. The van der Waals surface area contributed by atoms with E-state index < -0.39 is 5.97 Å². The number of carboxylic acids is 1. The highest BCUT2D eigenvalue weighted by molar-refractivity contribution is 7.13. The third-order valence-corrected chi connectivity index (χ3v) is 2.92. The van der Waals surface area contributed by atoms with Gasteiger partial charge in [0.1, 0.15) is 10.8 Å². The minimum atomic E-state index is -0.896. The van der Waals surface area contributed by atoms with Crippen molar-refractivity contribution >= 4 is 17.3 Å². The number of hydrogen-bond acceptors (Lipinski definition) is 4. The summed E-state index contributed by atoms with van der Waals surface area (Å²) < 4.78 is 0. The van der Waals surface area contributed by atoms with Gasteiger partial charge < -0.3 is 10.2 Å². The number of aromatic nitrogens is 1. The average molecular weight is 235 g/mol. The van der Waals surface area contributed by atoms with Crippen LogP contribution in [0.2, 0.25) is 0 Å². The average Bonchev–Trinajstić information content (AvgIpc) is 2.65. The lowest BCUT2D eigenvalue weighted by molar-refractivity contribution is -0.136. The monoisotopic (exact) mass is 235 g/mol. The molecule has 0 aliphatic rings. The predicted molar refractivity (Wildman–Crippen MR) is 60.6 cm³/mol. The van der Waals surface area contributed by atoms with Crippen molar-refractivity contribution in [2.75, 3.05) is 0 Å². The molecule has 0 spiro atoms. The molecule has 0 unspecified atom stereocenters. The first kappa shape index (κ1) is 10.6. The zero-order valence-electron chi connectivity index (χ0n) is 8.25. The Morgan fingerprint density at radius 3 is 2.94 bits per heavy atom. The minimum absolute atomic E-state index is 0.0741. The number of phenolic OH excluding ortho intramolecular Hbond substituents is 1. The number of phenols is 1. The summed E-state index contributed by atoms with van der Waals surface area (Å²) in [6, 6.07) is 6.73. The van der Waals surface area contributed by atoms with E-state index in [4.69, 9.17) is 5.11 Å². The number of hydrogen-bond donors (Lipinski definition) is 2. The van der Waals surface area contributed by atoms with Crippen LogP contribution in [0.1, 0.15) is 5.69 Å². The molecule has 0 fully saturated rings. The van der Waals surface area contributed by atoms with Crippen molar-refractivity contribution in [1.29, 1.82) is 0 Å². The fraction of sp³-hybridized carbons (Fsp3) is 0.0909. The smallest absolute Gasteiger partial charge is 0.309 e. The molecule has 0 bridgehead atoms. The summed E-state index contributed by atoms with van der Waals surface area (Å²) in [6.45, 7) is 0. The molecule has 1 aromatic heterocycles. The lowest BCUT2D eigenvalue weighted by Gasteiger charge is -1.96. The van der Waals surface area contributed by atoms with Crippen LogP contribution >= 0.6 is 11.3 Å². The van der Waals surface area contributed by atoms with Crippen molar-refractivity contribution in [3.63, 3.8) is 0 Å². The maximum Gasteiger partial charge on any atom is 0.309 e. The maximum absolute atomic E-state index is 10.5. The number of nitrogens with zero attached hydrogens (tertiary/aromatic N) is 1. The Kier molecular flexibility index (Phi) is 2.87. The molecule has 2 rings (SSSR count). The molecule has 1 heterocycles. The molecule has 5 heteroatoms. The van der Waals surface area contributed by atoms with Crippen molar-refractivity contribution in [2.45, 2.75) is 6.42 Å². The Bertz CT molecular complexity index is 521. The highest BCUT2D eigenvalue weighted by Crippen LogP contribution is 2.26. The minimum Gasteiger partial charge on any atom is -0.508 e. The molecule has 0 radical (unpaired) electrons. The van der Waals surface area contributed by atoms with Crippen LogP contribution in [0, 0.1) is 0 Å². The molecule has 16 heavy (non-hydrogen) atoms. The van der Waals surface area contributed by atoms with Crippen LogP contribution in [-0.2, 0) is 11.2 Å². The van der Waals surface area contributed by atoms with Crippen LogP contribution < -0.4 is 0 Å². The molecule has 1 aromatic carbocycles. The topological polar surface area (TPSA) is 70.4 Å². The van der Waals surface area contributed by atoms with Gasteiger partial charge in [-0.2, -0.15) is 0 Å². The molecule has 0 atom stereocenters. The second-order valence-corrected chi connectivity index (χ2v) is 4.12. The van der Waals surface area contributed by atoms with Crippen molar-refractivity contribution in [3.8, 4) is 16.3 Å². The zero-order valence-corrected chi connectivity index (χ0v) is 9.07. The third-order valence-electron chi connectivity index (χ3n) is 1.98. The Hall–Kier alpha value is -1.88. The lowest BCUT2D eigenvalue weighted by Crippen LogP contribution is -1.99. The first-order valence-electron chi connectivity index (χ1n) is 4.61. The molecule has 0 aliphatic carbocycles. The Morgan fingerprint density at radius 2 is 2.25 bits per heavy atom. The Morgan fingerprint density at radius 1 is 1.44 bits per heavy atom. The summed E-state index contributed by atoms with van der Waals surface area (Å²) in [5.74, 6) is -0.722. The van der Waals surface area contributed by atoms with E-state index in [9.17, 15) is 9.90 Å². The van der Waals surface area contributed by atoms with Gasteiger partial charge in [-0.05, 0) is 12.1 Å². The second kappa shape index (κ2) is 4.32. The van der Waals surface area contributed by atoms with Gasteiger partial charge in [0.2, 0.25) is 0 Å². The van der Waals surface area contributed by atoms with Crippen molar-refractivity contribution in [1.82, 2.24) is 4.98 Å². The van der Waals surface area contributed by atoms with Crippen LogP contribution in [0.3, 0.4) is 0 Å². The first-order valence-corrected chi connectivity index (χ1v) is 5.49. The van der Waals surface area contributed by atoms with Crippen LogP contribution in [0.15, 0.2) is 29.6 Å². The number of carbonyl (C=O) groups is 1. The summed E-state index contributed by atoms with van der Waals surface area (Å²) in [5.41, 5.74) is 1.33. The van der Waals surface area contributed by atoms with E-state index in [-0.39, 0.29) is 12.2 Å². The molecule has 0 saturated carbocycles. The molecule has 82 valence electrons. The fourth-order valence-electron chi connectivity index (χ4n) is 1.31. The highest BCUT2D eigenvalue weighted by Gasteiger charge is 2.07. The summed E-state index contributed by atoms with van der Waals surface area (Å²) >= 11 is 1.37. The molecular formula is C11H9NO3S. The summed E-state index contributed by atoms with van der Waals surface area (Å²) in [5, 5.41) is 20.4. The van der Waals surface area contributed by atoms with E-state index in [1.807, 2.05) is 6.07 Å². The van der Waals surface area contributed by atoms with Crippen LogP contribution in [0.5, 0.6) is 5.75 Å². The van der Waals surface area contributed by atoms with E-state index in [2.05, 4.69) is 4.98 Å². The van der Waals surface area contributed by atoms with Crippen molar-refractivity contribution in [3.05, 3.63) is 35.3 Å². The first-order chi connectivity index (χ1) is 7.65. The molecule has 0 saturated heterocycles. The van der Waals surface area contributed by atoms with Gasteiger partial charge in [0.15, 0.2) is 0 Å². The van der Waals surface area contributed by atoms with E-state index in [1.165, 1.54) is 11.3 Å². The standard InChI is InChI=1S/C11H9NO3S/c13-9-3-1-2-7(4-9)11-12-8(6-16-11)5-10(14)15/h1-4,6,13H,5H2,(H,14,15). The van der Waals surface area contributed by atoms with Gasteiger partial charge in [0.25, 0.3) is 0 Å². The number of rotatable bonds is 3. The van der Waals surface area contributed by atoms with Gasteiger partial charge in [-0.3, -0.25) is 4.79 Å². The third kappa shape index (κ3) is 2.38. The number of aliphatic carboxylic acids is 1. The van der Waals surface area contributed by atoms with Gasteiger partial charge in [0, 0.05) is 10.9 Å². The number of benzene rings is 1. The molecular weight excluding hydrogens is 226 g/mol. The van der Waals surface area contributed by atoms with Crippen molar-refractivity contribution < 1.29 is 15.0 Å². The number of thiazole rings is 1. The van der Waals surface area contributed by atoms with E-state index in [0.29, 0.717) is 10.7 Å². The van der Waals surface area contributed by atoms with E-state index in [1.54, 1.807) is 23.6 Å². The van der Waals surface area contributed by atoms with Crippen LogP contribution in [-0.4, -0.2) is 21.2 Å². The summed E-state index contributed by atoms with van der Waals surface area (Å²) in [4.78, 5) is 14.7. The molecule has 4 nitrogen and oxygen atoms in total. The highest BCUT2D eigenvalue weighted by atomic mass is 32.1. The zero-order chi connectivity index (χ0) is 11.5. The second-order valence-electron chi connectivity index (χ2n) is 3.26. The van der Waals surface area contributed by atoms with Gasteiger partial charge >= 0.3 is 5.97 Å². The lowest BCUT2D eigenvalue weighted by atomic mass is 10.2. The van der Waals surface area contributed by atoms with E-state index in [0.717, 1.165) is 5.56 Å². The predicted octanol–water partition coefficient (Wildman–Crippen LogP) is 2.14. The van der Waals surface area contributed by atoms with Gasteiger partial charge in [-0.25, -0.2) is 4.98 Å². The van der Waals surface area contributed by atoms with Crippen molar-refractivity contribution in [2.24, 2.45) is 0 Å². The Balaban J connectivity index is 2.28. The van der Waals surface area contributed by atoms with Crippen LogP contribution in [0.4, 0.5) is 0 Å². The molecule has 0 aliphatic heterocycles. The summed E-state index contributed by atoms with van der Waals surface area (Å²) in [6.07, 6.45) is -0.0741. The molecule has 2 aromatic rings. The quantitative estimate of drug-likeness (QED) is 0.855. The Labute approximate surface area is 95.8 Å². The number of carboxylic acid groups (broad SMARTS) is 1. The van der Waals surface area contributed by atoms with E-state index >= 15 is 0 Å². The molecule has 2 N–H and O–H groups in total. The normalized spacial score (nSPS) is 10.2. The van der Waals surface area contributed by atoms with Gasteiger partial charge in [-0.15, -0.1) is 11.3 Å². The number of aromatic hydroxyl groups is 1. The maximum atomic E-state index is 10.5. The summed E-state index contributed by atoms with van der Waals surface area (Å²) in [7, 11) is 0. The van der Waals surface area contributed by atoms with Gasteiger partial charge in [0.05, 0.1) is 12.1 Å². The SMILES string of the molecule is O=C(O)Cc1csc(-c2cccc(O)c2)n1.